The number of amides is 2. The number of aromatic nitrogens is 1. The van der Waals surface area contributed by atoms with Crippen LogP contribution in [-0.4, -0.2) is 68.4 Å². The minimum atomic E-state index is -1.28. The van der Waals surface area contributed by atoms with Crippen molar-refractivity contribution < 1.29 is 33.8 Å². The zero-order valence-corrected chi connectivity index (χ0v) is 17.0. The molecule has 1 fully saturated rings. The van der Waals surface area contributed by atoms with E-state index in [4.69, 9.17) is 4.74 Å². The summed E-state index contributed by atoms with van der Waals surface area (Å²) in [5.74, 6) is -2.37. The van der Waals surface area contributed by atoms with E-state index in [1.54, 1.807) is 22.9 Å². The van der Waals surface area contributed by atoms with Crippen molar-refractivity contribution in [1.29, 1.82) is 0 Å². The molecule has 1 aromatic rings. The number of ether oxygens (including phenoxy) is 1. The van der Waals surface area contributed by atoms with E-state index in [1.165, 1.54) is 18.7 Å². The molecule has 160 valence electrons. The molecule has 3 rings (SSSR count). The standard InChI is InChI=1S/C19H21N3O7S/c1-11(24)29-9-12-10-30-18-15(17(26)22(18)16(12)19(27)28)20-14(25)5-3-7-21-6-2-4-13(21)8-23/h2,4,6,8,15,18H,3,5,7,9-10H2,1H3,(H,20,25)(H,27,28). The van der Waals surface area contributed by atoms with Crippen LogP contribution >= 0.6 is 11.8 Å². The molecule has 0 saturated carbocycles. The maximum atomic E-state index is 12.5. The number of carbonyl (C=O) groups excluding carboxylic acids is 4. The smallest absolute Gasteiger partial charge is 0.352 e. The number of thioether (sulfide) groups is 1. The third kappa shape index (κ3) is 4.40. The Bertz CT molecular complexity index is 923. The van der Waals surface area contributed by atoms with E-state index >= 15 is 0 Å². The zero-order valence-electron chi connectivity index (χ0n) is 16.2. The number of carboxylic acids is 1. The number of aldehydes is 1. The summed E-state index contributed by atoms with van der Waals surface area (Å²) in [5, 5.41) is 11.7. The lowest BCUT2D eigenvalue weighted by Crippen LogP contribution is -2.70. The lowest BCUT2D eigenvalue weighted by molar-refractivity contribution is -0.151. The van der Waals surface area contributed by atoms with Crippen LogP contribution in [-0.2, 0) is 30.5 Å². The van der Waals surface area contributed by atoms with Crippen molar-refractivity contribution in [3.05, 3.63) is 35.3 Å². The summed E-state index contributed by atoms with van der Waals surface area (Å²) in [5.41, 5.74) is 0.677. The largest absolute Gasteiger partial charge is 0.477 e. The summed E-state index contributed by atoms with van der Waals surface area (Å²) in [7, 11) is 0. The SMILES string of the molecule is CC(=O)OCC1=C(C(=O)O)N2C(=O)C(NC(=O)CCCn3cccc3C=O)C2SC1. The van der Waals surface area contributed by atoms with Gasteiger partial charge in [-0.25, -0.2) is 4.79 Å². The van der Waals surface area contributed by atoms with Crippen molar-refractivity contribution in [2.75, 3.05) is 12.4 Å². The first kappa shape index (κ1) is 21.6. The number of hydrogen-bond donors (Lipinski definition) is 2. The highest BCUT2D eigenvalue weighted by atomic mass is 32.2. The van der Waals surface area contributed by atoms with Gasteiger partial charge in [0.25, 0.3) is 5.91 Å². The Hall–Kier alpha value is -3.08. The van der Waals surface area contributed by atoms with Crippen LogP contribution in [0.15, 0.2) is 29.6 Å². The molecule has 2 amide bonds. The summed E-state index contributed by atoms with van der Waals surface area (Å²) in [6, 6.07) is 2.62. The van der Waals surface area contributed by atoms with E-state index < -0.39 is 29.3 Å². The van der Waals surface area contributed by atoms with Gasteiger partial charge in [0.1, 0.15) is 23.7 Å². The van der Waals surface area contributed by atoms with Gasteiger partial charge in [-0.15, -0.1) is 11.8 Å². The van der Waals surface area contributed by atoms with E-state index in [0.29, 0.717) is 24.2 Å². The van der Waals surface area contributed by atoms with Crippen LogP contribution in [0, 0.1) is 0 Å². The molecular formula is C19H21N3O7S. The molecule has 11 heteroatoms. The Labute approximate surface area is 176 Å². The monoisotopic (exact) mass is 435 g/mol. The van der Waals surface area contributed by atoms with Crippen molar-refractivity contribution >= 4 is 41.8 Å². The van der Waals surface area contributed by atoms with Crippen LogP contribution < -0.4 is 5.32 Å². The van der Waals surface area contributed by atoms with Crippen LogP contribution in [0.4, 0.5) is 0 Å². The van der Waals surface area contributed by atoms with Crippen LogP contribution in [0.1, 0.15) is 30.3 Å². The van der Waals surface area contributed by atoms with Crippen molar-refractivity contribution in [3.8, 4) is 0 Å². The first-order valence-corrected chi connectivity index (χ1v) is 10.3. The van der Waals surface area contributed by atoms with Crippen molar-refractivity contribution in [1.82, 2.24) is 14.8 Å². The summed E-state index contributed by atoms with van der Waals surface area (Å²) in [4.78, 5) is 59.5. The van der Waals surface area contributed by atoms with Gasteiger partial charge in [-0.05, 0) is 18.6 Å². The summed E-state index contributed by atoms with van der Waals surface area (Å²) in [6.07, 6.45) is 3.14. The fourth-order valence-corrected chi connectivity index (χ4v) is 4.70. The molecule has 2 atom stereocenters. The molecule has 0 bridgehead atoms. The molecule has 10 nitrogen and oxygen atoms in total. The normalized spacial score (nSPS) is 20.3. The van der Waals surface area contributed by atoms with Crippen LogP contribution in [0.3, 0.4) is 0 Å². The van der Waals surface area contributed by atoms with Gasteiger partial charge < -0.3 is 19.7 Å². The predicted molar refractivity (Wildman–Crippen MR) is 105 cm³/mol. The number of carboxylic acid groups (broad SMARTS) is 1. The van der Waals surface area contributed by atoms with Gasteiger partial charge in [-0.3, -0.25) is 24.1 Å². The van der Waals surface area contributed by atoms with E-state index in [1.807, 2.05) is 0 Å². The third-order valence-corrected chi connectivity index (χ3v) is 6.14. The number of carbonyl (C=O) groups is 5. The number of aryl methyl sites for hydroxylation is 1. The number of hydrogen-bond acceptors (Lipinski definition) is 7. The minimum Gasteiger partial charge on any atom is -0.477 e. The van der Waals surface area contributed by atoms with Crippen molar-refractivity contribution in [2.45, 2.75) is 37.7 Å². The van der Waals surface area contributed by atoms with Gasteiger partial charge in [0.15, 0.2) is 6.29 Å². The maximum absolute atomic E-state index is 12.5. The Morgan fingerprint density at radius 2 is 2.17 bits per heavy atom. The Balaban J connectivity index is 1.56. The number of nitrogens with one attached hydrogen (secondary N) is 1. The molecule has 0 aliphatic carbocycles. The lowest BCUT2D eigenvalue weighted by atomic mass is 10.0. The van der Waals surface area contributed by atoms with Crippen molar-refractivity contribution in [3.63, 3.8) is 0 Å². The fraction of sp³-hybridized carbons (Fsp3) is 0.421. The predicted octanol–water partition coefficient (Wildman–Crippen LogP) is 0.383. The molecule has 2 aliphatic heterocycles. The minimum absolute atomic E-state index is 0.164. The van der Waals surface area contributed by atoms with Crippen LogP contribution in [0.25, 0.3) is 0 Å². The molecule has 30 heavy (non-hydrogen) atoms. The number of aliphatic carboxylic acids is 1. The highest BCUT2D eigenvalue weighted by Gasteiger charge is 2.54. The molecular weight excluding hydrogens is 414 g/mol. The molecule has 0 aromatic carbocycles. The quantitative estimate of drug-likeness (QED) is 0.323. The first-order valence-electron chi connectivity index (χ1n) is 9.26. The van der Waals surface area contributed by atoms with Gasteiger partial charge in [-0.1, -0.05) is 0 Å². The lowest BCUT2D eigenvalue weighted by Gasteiger charge is -2.49. The third-order valence-electron chi connectivity index (χ3n) is 4.80. The molecule has 1 saturated heterocycles. The second kappa shape index (κ2) is 9.16. The highest BCUT2D eigenvalue weighted by molar-refractivity contribution is 8.00. The van der Waals surface area contributed by atoms with Crippen LogP contribution in [0.2, 0.25) is 0 Å². The van der Waals surface area contributed by atoms with E-state index in [0.717, 1.165) is 11.2 Å². The molecule has 3 heterocycles. The maximum Gasteiger partial charge on any atom is 0.352 e. The number of rotatable bonds is 9. The number of nitrogens with zero attached hydrogens (tertiary/aromatic N) is 2. The topological polar surface area (TPSA) is 135 Å². The number of esters is 1. The fourth-order valence-electron chi connectivity index (χ4n) is 3.38. The summed E-state index contributed by atoms with van der Waals surface area (Å²) in [6.45, 7) is 1.51. The van der Waals surface area contributed by atoms with Gasteiger partial charge in [0, 0.05) is 37.4 Å². The number of β-lactam (4-membered cyclic amide) rings is 1. The van der Waals surface area contributed by atoms with Gasteiger partial charge in [0.2, 0.25) is 5.91 Å². The Morgan fingerprint density at radius 1 is 1.40 bits per heavy atom. The second-order valence-electron chi connectivity index (χ2n) is 6.84. The van der Waals surface area contributed by atoms with Gasteiger partial charge >= 0.3 is 11.9 Å². The molecule has 0 spiro atoms. The highest BCUT2D eigenvalue weighted by Crippen LogP contribution is 2.40. The summed E-state index contributed by atoms with van der Waals surface area (Å²) < 4.78 is 6.62. The Kier molecular flexibility index (Phi) is 6.60. The average Bonchev–Trinajstić information content (AvgIpc) is 3.16. The van der Waals surface area contributed by atoms with Gasteiger partial charge in [-0.2, -0.15) is 0 Å². The first-order chi connectivity index (χ1) is 14.3. The molecule has 2 aliphatic rings. The molecule has 0 radical (unpaired) electrons. The van der Waals surface area contributed by atoms with E-state index in [-0.39, 0.29) is 30.4 Å². The van der Waals surface area contributed by atoms with E-state index in [2.05, 4.69) is 5.32 Å². The molecule has 1 aromatic heterocycles. The zero-order chi connectivity index (χ0) is 21.8. The summed E-state index contributed by atoms with van der Waals surface area (Å²) >= 11 is 1.31. The molecule has 2 N–H and O–H groups in total. The van der Waals surface area contributed by atoms with Gasteiger partial charge in [0.05, 0.1) is 5.69 Å². The van der Waals surface area contributed by atoms with Crippen LogP contribution in [0.5, 0.6) is 0 Å². The van der Waals surface area contributed by atoms with Crippen molar-refractivity contribution in [2.24, 2.45) is 0 Å². The number of fused-ring (bicyclic) bond motifs is 1. The Morgan fingerprint density at radius 3 is 2.83 bits per heavy atom. The molecule has 2 unspecified atom stereocenters. The van der Waals surface area contributed by atoms with E-state index in [9.17, 15) is 29.1 Å². The second-order valence-corrected chi connectivity index (χ2v) is 7.95. The average molecular weight is 435 g/mol.